The minimum Gasteiger partial charge on any atom is -0.485 e. The molecular weight excluding hydrogens is 316 g/mol. The lowest BCUT2D eigenvalue weighted by Crippen LogP contribution is -2.34. The van der Waals surface area contributed by atoms with Crippen molar-refractivity contribution in [3.05, 3.63) is 18.2 Å². The summed E-state index contributed by atoms with van der Waals surface area (Å²) in [5.41, 5.74) is 5.31. The molecule has 0 atom stereocenters. The molecule has 0 unspecified atom stereocenters. The third-order valence-electron chi connectivity index (χ3n) is 2.50. The molecule has 0 fully saturated rings. The lowest BCUT2D eigenvalue weighted by molar-refractivity contribution is -0.148. The van der Waals surface area contributed by atoms with Crippen molar-refractivity contribution in [2.75, 3.05) is 26.4 Å². The number of nitrogen functional groups attached to an aromatic ring is 1. The first-order valence-electron chi connectivity index (χ1n) is 5.59. The van der Waals surface area contributed by atoms with Crippen LogP contribution in [0.4, 0.5) is 23.2 Å². The van der Waals surface area contributed by atoms with Crippen molar-refractivity contribution in [1.82, 2.24) is 4.31 Å². The molecule has 0 radical (unpaired) electrons. The fourth-order valence-corrected chi connectivity index (χ4v) is 2.17. The van der Waals surface area contributed by atoms with E-state index in [1.165, 1.54) is 14.1 Å². The molecule has 120 valence electrons. The van der Waals surface area contributed by atoms with Crippen LogP contribution in [0.2, 0.25) is 0 Å². The molecule has 0 saturated carbocycles. The highest BCUT2D eigenvalue weighted by Gasteiger charge is 2.41. The predicted octanol–water partition coefficient (Wildman–Crippen LogP) is 1.80. The molecule has 0 aromatic heterocycles. The van der Waals surface area contributed by atoms with Gasteiger partial charge in [0.05, 0.1) is 10.6 Å². The lowest BCUT2D eigenvalue weighted by atomic mass is 10.3. The van der Waals surface area contributed by atoms with Crippen molar-refractivity contribution in [1.29, 1.82) is 0 Å². The topological polar surface area (TPSA) is 72.6 Å². The van der Waals surface area contributed by atoms with Gasteiger partial charge in [0.1, 0.15) is 5.75 Å². The van der Waals surface area contributed by atoms with Gasteiger partial charge in [-0.05, 0) is 12.1 Å². The van der Waals surface area contributed by atoms with Crippen molar-refractivity contribution in [2.45, 2.75) is 17.2 Å². The Hall–Kier alpha value is -1.55. The van der Waals surface area contributed by atoms with Crippen molar-refractivity contribution in [2.24, 2.45) is 0 Å². The maximum absolute atomic E-state index is 12.8. The van der Waals surface area contributed by atoms with Gasteiger partial charge in [0.15, 0.2) is 6.61 Å². The number of sulfonamides is 1. The van der Waals surface area contributed by atoms with Gasteiger partial charge in [-0.3, -0.25) is 0 Å². The van der Waals surface area contributed by atoms with E-state index in [2.05, 4.69) is 4.74 Å². The average Bonchev–Trinajstić information content (AvgIpc) is 2.37. The summed E-state index contributed by atoms with van der Waals surface area (Å²) in [4.78, 5) is -0.253. The molecule has 5 nitrogen and oxygen atoms in total. The van der Waals surface area contributed by atoms with E-state index >= 15 is 0 Å². The third-order valence-corrected chi connectivity index (χ3v) is 4.31. The summed E-state index contributed by atoms with van der Waals surface area (Å²) < 4.78 is 78.8. The third kappa shape index (κ3) is 3.97. The minimum absolute atomic E-state index is 0.141. The largest absolute Gasteiger partial charge is 0.485 e. The second kappa shape index (κ2) is 6.06. The number of hydrogen-bond donors (Lipinski definition) is 1. The smallest absolute Gasteiger partial charge is 0.340 e. The Morgan fingerprint density at radius 3 is 2.38 bits per heavy atom. The molecule has 0 heterocycles. The van der Waals surface area contributed by atoms with Gasteiger partial charge in [0.25, 0.3) is 0 Å². The van der Waals surface area contributed by atoms with E-state index in [-0.39, 0.29) is 10.6 Å². The quantitative estimate of drug-likeness (QED) is 0.638. The number of nitrogens with two attached hydrogens (primary N) is 1. The van der Waals surface area contributed by atoms with Gasteiger partial charge in [-0.2, -0.15) is 8.78 Å². The lowest BCUT2D eigenvalue weighted by Gasteiger charge is -2.18. The number of anilines is 1. The van der Waals surface area contributed by atoms with Gasteiger partial charge < -0.3 is 10.5 Å². The Bertz CT molecular complexity index is 605. The summed E-state index contributed by atoms with van der Waals surface area (Å²) in [6.45, 7) is -1.61. The zero-order valence-corrected chi connectivity index (χ0v) is 12.0. The van der Waals surface area contributed by atoms with Crippen molar-refractivity contribution in [3.63, 3.8) is 0 Å². The number of ether oxygens (including phenoxy) is 1. The van der Waals surface area contributed by atoms with Gasteiger partial charge in [0.2, 0.25) is 10.0 Å². The molecule has 0 aliphatic carbocycles. The summed E-state index contributed by atoms with van der Waals surface area (Å²) >= 11 is 0. The summed E-state index contributed by atoms with van der Waals surface area (Å²) in [6.07, 6.45) is -3.90. The summed E-state index contributed by atoms with van der Waals surface area (Å²) in [5, 5.41) is 0. The second-order valence-corrected chi connectivity index (χ2v) is 6.49. The first kappa shape index (κ1) is 17.5. The standard InChI is InChI=1S/C11H14F4N2O3S/c1-17(2)21(18,19)7-3-4-8(16)9(5-7)20-6-11(14,15)10(12)13/h3-5,10H,6,16H2,1-2H3. The Morgan fingerprint density at radius 1 is 1.33 bits per heavy atom. The zero-order valence-electron chi connectivity index (χ0n) is 11.2. The van der Waals surface area contributed by atoms with Crippen LogP contribution in [0.15, 0.2) is 23.1 Å². The molecule has 10 heteroatoms. The number of alkyl halides is 4. The van der Waals surface area contributed by atoms with E-state index in [0.717, 1.165) is 22.5 Å². The van der Waals surface area contributed by atoms with Crippen molar-refractivity contribution in [3.8, 4) is 5.75 Å². The molecule has 0 amide bonds. The zero-order chi connectivity index (χ0) is 16.4. The van der Waals surface area contributed by atoms with E-state index in [0.29, 0.717) is 0 Å². The molecule has 0 aliphatic heterocycles. The predicted molar refractivity (Wildman–Crippen MR) is 68.2 cm³/mol. The molecular formula is C11H14F4N2O3S. The van der Waals surface area contributed by atoms with Crippen LogP contribution in [-0.4, -0.2) is 45.8 Å². The van der Waals surface area contributed by atoms with Gasteiger partial charge in [-0.1, -0.05) is 0 Å². The second-order valence-electron chi connectivity index (χ2n) is 4.34. The monoisotopic (exact) mass is 330 g/mol. The summed E-state index contributed by atoms with van der Waals surface area (Å²) in [6, 6.07) is 3.20. The molecule has 1 aromatic rings. The molecule has 1 aromatic carbocycles. The van der Waals surface area contributed by atoms with Crippen LogP contribution in [-0.2, 0) is 10.0 Å². The first-order chi connectivity index (χ1) is 9.48. The highest BCUT2D eigenvalue weighted by Crippen LogP contribution is 2.29. The van der Waals surface area contributed by atoms with Gasteiger partial charge in [-0.15, -0.1) is 0 Å². The molecule has 1 rings (SSSR count). The van der Waals surface area contributed by atoms with E-state index in [4.69, 9.17) is 5.73 Å². The van der Waals surface area contributed by atoms with Crippen molar-refractivity contribution >= 4 is 15.7 Å². The summed E-state index contributed by atoms with van der Waals surface area (Å²) in [7, 11) is -1.27. The molecule has 0 saturated heterocycles. The van der Waals surface area contributed by atoms with Crippen LogP contribution >= 0.6 is 0 Å². The van der Waals surface area contributed by atoms with Gasteiger partial charge >= 0.3 is 12.3 Å². The van der Waals surface area contributed by atoms with Gasteiger partial charge in [-0.25, -0.2) is 21.5 Å². The molecule has 0 aliphatic rings. The van der Waals surface area contributed by atoms with E-state index in [9.17, 15) is 26.0 Å². The van der Waals surface area contributed by atoms with Crippen LogP contribution in [0, 0.1) is 0 Å². The highest BCUT2D eigenvalue weighted by molar-refractivity contribution is 7.89. The SMILES string of the molecule is CN(C)S(=O)(=O)c1ccc(N)c(OCC(F)(F)C(F)F)c1. The fourth-order valence-electron chi connectivity index (χ4n) is 1.25. The Morgan fingerprint density at radius 2 is 1.90 bits per heavy atom. The number of benzene rings is 1. The molecule has 0 spiro atoms. The summed E-state index contributed by atoms with van der Waals surface area (Å²) in [5.74, 6) is -4.76. The van der Waals surface area contributed by atoms with Crippen LogP contribution in [0.5, 0.6) is 5.75 Å². The number of halogens is 4. The van der Waals surface area contributed by atoms with Crippen molar-refractivity contribution < 1.29 is 30.7 Å². The Balaban J connectivity index is 3.05. The minimum atomic E-state index is -4.36. The number of nitrogens with zero attached hydrogens (tertiary/aromatic N) is 1. The van der Waals surface area contributed by atoms with Crippen LogP contribution in [0.1, 0.15) is 0 Å². The highest BCUT2D eigenvalue weighted by atomic mass is 32.2. The molecule has 2 N–H and O–H groups in total. The fraction of sp³-hybridized carbons (Fsp3) is 0.455. The van der Waals surface area contributed by atoms with E-state index < -0.39 is 34.7 Å². The first-order valence-corrected chi connectivity index (χ1v) is 7.03. The normalized spacial score (nSPS) is 13.0. The maximum Gasteiger partial charge on any atom is 0.340 e. The molecule has 0 bridgehead atoms. The van der Waals surface area contributed by atoms with Crippen LogP contribution in [0.25, 0.3) is 0 Å². The van der Waals surface area contributed by atoms with Crippen LogP contribution < -0.4 is 10.5 Å². The number of hydrogen-bond acceptors (Lipinski definition) is 4. The van der Waals surface area contributed by atoms with Gasteiger partial charge in [0, 0.05) is 20.2 Å². The van der Waals surface area contributed by atoms with E-state index in [1.807, 2.05) is 0 Å². The van der Waals surface area contributed by atoms with Crippen LogP contribution in [0.3, 0.4) is 0 Å². The number of rotatable bonds is 6. The molecule has 21 heavy (non-hydrogen) atoms. The average molecular weight is 330 g/mol. The Labute approximate surface area is 119 Å². The van der Waals surface area contributed by atoms with E-state index in [1.54, 1.807) is 0 Å². The maximum atomic E-state index is 12.8. The Kier molecular flexibility index (Phi) is 5.05.